The molecule has 0 spiro atoms. The van der Waals surface area contributed by atoms with Crippen molar-refractivity contribution in [3.05, 3.63) is 72.3 Å². The van der Waals surface area contributed by atoms with Crippen LogP contribution in [0.25, 0.3) is 0 Å². The molecule has 35 heavy (non-hydrogen) atoms. The second kappa shape index (κ2) is 10.1. The van der Waals surface area contributed by atoms with Gasteiger partial charge in [-0.25, -0.2) is 8.42 Å². The minimum atomic E-state index is -4.03. The van der Waals surface area contributed by atoms with E-state index >= 15 is 0 Å². The summed E-state index contributed by atoms with van der Waals surface area (Å²) in [7, 11) is -2.60. The number of carbonyl (C=O) groups is 2. The van der Waals surface area contributed by atoms with E-state index in [2.05, 4.69) is 15.4 Å². The Hall–Kier alpha value is -4.05. The summed E-state index contributed by atoms with van der Waals surface area (Å²) in [6.07, 6.45) is 0.860. The van der Waals surface area contributed by atoms with Gasteiger partial charge in [0.15, 0.2) is 0 Å². The number of amides is 2. The van der Waals surface area contributed by atoms with Crippen LogP contribution in [0, 0.1) is 5.92 Å². The molecule has 182 valence electrons. The van der Waals surface area contributed by atoms with E-state index in [0.717, 1.165) is 11.3 Å². The van der Waals surface area contributed by atoms with E-state index in [1.54, 1.807) is 24.3 Å². The number of carbonyl (C=O) groups excluding carboxylic acids is 2. The lowest BCUT2D eigenvalue weighted by atomic mass is 9.89. The second-order valence-corrected chi connectivity index (χ2v) is 9.80. The Labute approximate surface area is 203 Å². The first-order valence-electron chi connectivity index (χ1n) is 10.9. The summed E-state index contributed by atoms with van der Waals surface area (Å²) >= 11 is 0. The zero-order chi connectivity index (χ0) is 25.0. The molecule has 0 fully saturated rings. The molecular formula is C25H25N3O6S. The van der Waals surface area contributed by atoms with Gasteiger partial charge in [0, 0.05) is 18.0 Å². The standard InChI is InChI=1S/C25H25N3O6S/c1-34-23-9-5-4-8-20(23)28-35(32,33)18-11-12-22(29)21(15-18)26-24(30)13-10-17-14-16-6-2-3-7-19(16)27-25(17)31/h2-9,11-12,15,17,28-29H,10,13-14H2,1H3,(H,26,30)(H,27,31)/t17-/m1/s1. The van der Waals surface area contributed by atoms with Crippen LogP contribution in [0.5, 0.6) is 11.5 Å². The molecule has 0 unspecified atom stereocenters. The van der Waals surface area contributed by atoms with Crippen LogP contribution >= 0.6 is 0 Å². The number of methoxy groups -OCH3 is 1. The number of fused-ring (bicyclic) bond motifs is 1. The van der Waals surface area contributed by atoms with E-state index in [1.165, 1.54) is 25.3 Å². The lowest BCUT2D eigenvalue weighted by Crippen LogP contribution is -2.30. The van der Waals surface area contributed by atoms with Crippen LogP contribution in [0.15, 0.2) is 71.6 Å². The third kappa shape index (κ3) is 5.55. The number of phenols is 1. The van der Waals surface area contributed by atoms with Gasteiger partial charge in [-0.1, -0.05) is 30.3 Å². The normalized spacial score (nSPS) is 15.0. The van der Waals surface area contributed by atoms with E-state index in [1.807, 2.05) is 24.3 Å². The van der Waals surface area contributed by atoms with Gasteiger partial charge in [-0.15, -0.1) is 0 Å². The molecule has 0 saturated carbocycles. The summed E-state index contributed by atoms with van der Waals surface area (Å²) in [6, 6.07) is 17.7. The molecule has 9 nitrogen and oxygen atoms in total. The maximum absolute atomic E-state index is 12.9. The third-order valence-corrected chi connectivity index (χ3v) is 7.10. The average molecular weight is 496 g/mol. The number of anilines is 3. The highest BCUT2D eigenvalue weighted by molar-refractivity contribution is 7.92. The average Bonchev–Trinajstić information content (AvgIpc) is 2.84. The molecule has 4 rings (SSSR count). The quantitative estimate of drug-likeness (QED) is 0.352. The van der Waals surface area contributed by atoms with Crippen molar-refractivity contribution in [1.82, 2.24) is 0 Å². The molecule has 0 radical (unpaired) electrons. The summed E-state index contributed by atoms with van der Waals surface area (Å²) < 4.78 is 33.4. The van der Waals surface area contributed by atoms with Crippen molar-refractivity contribution in [2.45, 2.75) is 24.2 Å². The molecule has 2 amide bonds. The van der Waals surface area contributed by atoms with Crippen LogP contribution in [-0.4, -0.2) is 32.4 Å². The molecule has 10 heteroatoms. The zero-order valence-corrected chi connectivity index (χ0v) is 19.8. The molecule has 1 atom stereocenters. The molecule has 1 aliphatic rings. The Bertz CT molecular complexity index is 1370. The summed E-state index contributed by atoms with van der Waals surface area (Å²) in [5, 5.41) is 15.6. The van der Waals surface area contributed by atoms with Crippen molar-refractivity contribution < 1.29 is 27.9 Å². The van der Waals surface area contributed by atoms with Gasteiger partial charge in [-0.3, -0.25) is 14.3 Å². The Morgan fingerprint density at radius 1 is 1.09 bits per heavy atom. The minimum absolute atomic E-state index is 0.0239. The van der Waals surface area contributed by atoms with Gasteiger partial charge in [0.25, 0.3) is 10.0 Å². The number of phenolic OH excluding ortho intramolecular Hbond substituents is 1. The molecular weight excluding hydrogens is 470 g/mol. The van der Waals surface area contributed by atoms with Gasteiger partial charge in [-0.2, -0.15) is 0 Å². The summed E-state index contributed by atoms with van der Waals surface area (Å²) in [5.41, 5.74) is 2.00. The monoisotopic (exact) mass is 495 g/mol. The highest BCUT2D eigenvalue weighted by Gasteiger charge is 2.26. The maximum Gasteiger partial charge on any atom is 0.262 e. The van der Waals surface area contributed by atoms with Crippen LogP contribution in [0.1, 0.15) is 18.4 Å². The van der Waals surface area contributed by atoms with Crippen molar-refractivity contribution in [2.75, 3.05) is 22.5 Å². The van der Waals surface area contributed by atoms with E-state index in [9.17, 15) is 23.1 Å². The van der Waals surface area contributed by atoms with Gasteiger partial charge in [-0.05, 0) is 54.8 Å². The highest BCUT2D eigenvalue weighted by Crippen LogP contribution is 2.31. The first-order valence-corrected chi connectivity index (χ1v) is 12.4. The molecule has 3 aromatic carbocycles. The van der Waals surface area contributed by atoms with Crippen molar-refractivity contribution in [3.8, 4) is 11.5 Å². The van der Waals surface area contributed by atoms with Gasteiger partial charge in [0.2, 0.25) is 11.8 Å². The number of ether oxygens (including phenoxy) is 1. The molecule has 1 heterocycles. The second-order valence-electron chi connectivity index (χ2n) is 8.12. The number of para-hydroxylation sites is 3. The van der Waals surface area contributed by atoms with E-state index in [-0.39, 0.29) is 40.3 Å². The summed E-state index contributed by atoms with van der Waals surface area (Å²) in [5.74, 6) is -0.883. The van der Waals surface area contributed by atoms with Gasteiger partial charge in [0.1, 0.15) is 11.5 Å². The lowest BCUT2D eigenvalue weighted by molar-refractivity contribution is -0.121. The Morgan fingerprint density at radius 2 is 1.83 bits per heavy atom. The number of hydrogen-bond acceptors (Lipinski definition) is 6. The van der Waals surface area contributed by atoms with Gasteiger partial charge in [0.05, 0.1) is 23.4 Å². The van der Waals surface area contributed by atoms with Crippen LogP contribution < -0.4 is 20.1 Å². The van der Waals surface area contributed by atoms with Crippen LogP contribution in [0.4, 0.5) is 17.1 Å². The number of aromatic hydroxyl groups is 1. The molecule has 0 aromatic heterocycles. The van der Waals surface area contributed by atoms with E-state index < -0.39 is 15.9 Å². The fourth-order valence-electron chi connectivity index (χ4n) is 3.88. The number of sulfonamides is 1. The summed E-state index contributed by atoms with van der Waals surface area (Å²) in [6.45, 7) is 0. The topological polar surface area (TPSA) is 134 Å². The Balaban J connectivity index is 1.42. The summed E-state index contributed by atoms with van der Waals surface area (Å²) in [4.78, 5) is 24.8. The molecule has 0 saturated heterocycles. The van der Waals surface area contributed by atoms with Crippen molar-refractivity contribution in [1.29, 1.82) is 0 Å². The van der Waals surface area contributed by atoms with Crippen molar-refractivity contribution in [3.63, 3.8) is 0 Å². The Morgan fingerprint density at radius 3 is 2.63 bits per heavy atom. The van der Waals surface area contributed by atoms with Crippen LogP contribution in [0.2, 0.25) is 0 Å². The zero-order valence-electron chi connectivity index (χ0n) is 18.9. The SMILES string of the molecule is COc1ccccc1NS(=O)(=O)c1ccc(O)c(NC(=O)CC[C@@H]2Cc3ccccc3NC2=O)c1. The number of benzene rings is 3. The molecule has 4 N–H and O–H groups in total. The number of nitrogens with one attached hydrogen (secondary N) is 3. The smallest absolute Gasteiger partial charge is 0.262 e. The predicted octanol–water partition coefficient (Wildman–Crippen LogP) is 3.73. The van der Waals surface area contributed by atoms with E-state index in [0.29, 0.717) is 18.6 Å². The highest BCUT2D eigenvalue weighted by atomic mass is 32.2. The molecule has 0 bridgehead atoms. The lowest BCUT2D eigenvalue weighted by Gasteiger charge is -2.24. The number of hydrogen-bond donors (Lipinski definition) is 4. The first kappa shape index (κ1) is 24.1. The molecule has 3 aromatic rings. The number of rotatable bonds is 8. The van der Waals surface area contributed by atoms with Crippen molar-refractivity contribution in [2.24, 2.45) is 5.92 Å². The third-order valence-electron chi connectivity index (χ3n) is 5.74. The van der Waals surface area contributed by atoms with Gasteiger partial charge >= 0.3 is 0 Å². The van der Waals surface area contributed by atoms with E-state index in [4.69, 9.17) is 4.74 Å². The van der Waals surface area contributed by atoms with Gasteiger partial charge < -0.3 is 20.5 Å². The first-order chi connectivity index (χ1) is 16.8. The maximum atomic E-state index is 12.9. The fourth-order valence-corrected chi connectivity index (χ4v) is 4.98. The minimum Gasteiger partial charge on any atom is -0.506 e. The van der Waals surface area contributed by atoms with Crippen LogP contribution in [-0.2, 0) is 26.0 Å². The largest absolute Gasteiger partial charge is 0.506 e. The Kier molecular flexibility index (Phi) is 6.92. The molecule has 0 aliphatic carbocycles. The van der Waals surface area contributed by atoms with Crippen molar-refractivity contribution >= 4 is 38.9 Å². The fraction of sp³-hybridized carbons (Fsp3) is 0.200. The molecule has 1 aliphatic heterocycles. The predicted molar refractivity (Wildman–Crippen MR) is 132 cm³/mol. The van der Waals surface area contributed by atoms with Crippen LogP contribution in [0.3, 0.4) is 0 Å².